The van der Waals surface area contributed by atoms with Crippen LogP contribution in [0.15, 0.2) is 24.3 Å². The van der Waals surface area contributed by atoms with Crippen molar-refractivity contribution in [2.75, 3.05) is 6.61 Å². The Bertz CT molecular complexity index is 378. The molecule has 1 aromatic rings. The van der Waals surface area contributed by atoms with E-state index >= 15 is 0 Å². The maximum atomic E-state index is 9.86. The van der Waals surface area contributed by atoms with Gasteiger partial charge in [0.25, 0.3) is 0 Å². The molecule has 1 aromatic carbocycles. The Morgan fingerprint density at radius 1 is 1.31 bits per heavy atom. The van der Waals surface area contributed by atoms with Crippen molar-refractivity contribution in [2.24, 2.45) is 5.92 Å². The van der Waals surface area contributed by atoms with Gasteiger partial charge in [-0.1, -0.05) is 12.1 Å². The topological polar surface area (TPSA) is 29.5 Å². The summed E-state index contributed by atoms with van der Waals surface area (Å²) in [5.41, 5.74) is 0.781. The van der Waals surface area contributed by atoms with E-state index in [4.69, 9.17) is 4.74 Å². The smallest absolute Gasteiger partial charge is 0.119 e. The molecule has 0 aliphatic heterocycles. The van der Waals surface area contributed by atoms with E-state index in [1.165, 1.54) is 18.4 Å². The number of hydrogen-bond acceptors (Lipinski definition) is 2. The Labute approximate surface area is 96.2 Å². The normalized spacial score (nSPS) is 21.8. The molecule has 0 amide bonds. The second kappa shape index (κ2) is 3.77. The van der Waals surface area contributed by atoms with E-state index in [0.29, 0.717) is 0 Å². The van der Waals surface area contributed by atoms with Crippen molar-refractivity contribution in [3.63, 3.8) is 0 Å². The quantitative estimate of drug-likeness (QED) is 0.823. The molecule has 0 saturated heterocycles. The first-order valence-electron chi connectivity index (χ1n) is 6.18. The number of rotatable bonds is 5. The Morgan fingerprint density at radius 3 is 2.81 bits per heavy atom. The van der Waals surface area contributed by atoms with Gasteiger partial charge in [0, 0.05) is 6.42 Å². The Balaban J connectivity index is 1.61. The number of aliphatic hydroxyl groups is 1. The summed E-state index contributed by atoms with van der Waals surface area (Å²) in [6, 6.07) is 8.16. The molecule has 86 valence electrons. The van der Waals surface area contributed by atoms with E-state index in [1.54, 1.807) is 0 Å². The van der Waals surface area contributed by atoms with Crippen LogP contribution in [0.4, 0.5) is 0 Å². The van der Waals surface area contributed by atoms with Crippen molar-refractivity contribution in [1.29, 1.82) is 0 Å². The van der Waals surface area contributed by atoms with E-state index < -0.39 is 5.60 Å². The molecule has 1 N–H and O–H groups in total. The molecule has 2 nitrogen and oxygen atoms in total. The van der Waals surface area contributed by atoms with Gasteiger partial charge in [0.1, 0.15) is 5.75 Å². The first-order valence-corrected chi connectivity index (χ1v) is 6.18. The molecular weight excluding hydrogens is 200 g/mol. The van der Waals surface area contributed by atoms with Crippen LogP contribution >= 0.6 is 0 Å². The minimum atomic E-state index is -0.408. The van der Waals surface area contributed by atoms with Crippen LogP contribution < -0.4 is 4.74 Å². The Kier molecular flexibility index (Phi) is 2.40. The van der Waals surface area contributed by atoms with Crippen LogP contribution in [0.2, 0.25) is 0 Å². The summed E-state index contributed by atoms with van der Waals surface area (Å²) in [5.74, 6) is 1.74. The van der Waals surface area contributed by atoms with Gasteiger partial charge in [0.15, 0.2) is 0 Å². The van der Waals surface area contributed by atoms with Gasteiger partial charge in [-0.05, 0) is 49.3 Å². The molecule has 0 bridgehead atoms. The molecule has 3 rings (SSSR count). The Hall–Kier alpha value is -1.02. The molecule has 0 radical (unpaired) electrons. The van der Waals surface area contributed by atoms with Crippen LogP contribution in [0.5, 0.6) is 5.75 Å². The van der Waals surface area contributed by atoms with Crippen LogP contribution in [-0.2, 0) is 6.42 Å². The summed E-state index contributed by atoms with van der Waals surface area (Å²) in [4.78, 5) is 0. The zero-order valence-corrected chi connectivity index (χ0v) is 9.48. The second-order valence-corrected chi connectivity index (χ2v) is 5.30. The van der Waals surface area contributed by atoms with E-state index in [2.05, 4.69) is 12.1 Å². The van der Waals surface area contributed by atoms with Crippen LogP contribution in [0.3, 0.4) is 0 Å². The largest absolute Gasteiger partial charge is 0.493 e. The molecule has 0 unspecified atom stereocenters. The lowest BCUT2D eigenvalue weighted by Gasteiger charge is -2.10. The minimum absolute atomic E-state index is 0.408. The molecular formula is C14H18O2. The molecule has 0 heterocycles. The second-order valence-electron chi connectivity index (χ2n) is 5.30. The first kappa shape index (κ1) is 10.2. The third kappa shape index (κ3) is 2.56. The SMILES string of the molecule is OC1(Cc2cccc(OCC3CC3)c2)CC1. The van der Waals surface area contributed by atoms with Gasteiger partial charge in [-0.3, -0.25) is 0 Å². The zero-order chi connectivity index (χ0) is 11.0. The standard InChI is InChI=1S/C14H18O2/c15-14(6-7-14)9-12-2-1-3-13(8-12)16-10-11-4-5-11/h1-3,8,11,15H,4-7,9-10H2. The van der Waals surface area contributed by atoms with Crippen LogP contribution in [0, 0.1) is 5.92 Å². The van der Waals surface area contributed by atoms with E-state index in [9.17, 15) is 5.11 Å². The maximum absolute atomic E-state index is 9.86. The van der Waals surface area contributed by atoms with Crippen molar-refractivity contribution >= 4 is 0 Å². The molecule has 2 heteroatoms. The summed E-state index contributed by atoms with van der Waals surface area (Å²) in [6.07, 6.45) is 5.30. The van der Waals surface area contributed by atoms with E-state index in [1.807, 2.05) is 12.1 Å². The van der Waals surface area contributed by atoms with Crippen LogP contribution in [0.1, 0.15) is 31.2 Å². The highest BCUT2D eigenvalue weighted by molar-refractivity contribution is 5.30. The van der Waals surface area contributed by atoms with E-state index in [-0.39, 0.29) is 0 Å². The lowest BCUT2D eigenvalue weighted by atomic mass is 10.1. The number of ether oxygens (including phenoxy) is 1. The molecule has 2 fully saturated rings. The fraction of sp³-hybridized carbons (Fsp3) is 0.571. The zero-order valence-electron chi connectivity index (χ0n) is 9.48. The van der Waals surface area contributed by atoms with Gasteiger partial charge in [-0.15, -0.1) is 0 Å². The average Bonchev–Trinajstić information content (AvgIpc) is 3.15. The predicted molar refractivity (Wildman–Crippen MR) is 62.5 cm³/mol. The van der Waals surface area contributed by atoms with Gasteiger partial charge in [-0.25, -0.2) is 0 Å². The van der Waals surface area contributed by atoms with Crippen molar-refractivity contribution < 1.29 is 9.84 Å². The lowest BCUT2D eigenvalue weighted by molar-refractivity contribution is 0.151. The lowest BCUT2D eigenvalue weighted by Crippen LogP contribution is -2.10. The highest BCUT2D eigenvalue weighted by atomic mass is 16.5. The summed E-state index contributed by atoms with van der Waals surface area (Å²) >= 11 is 0. The van der Waals surface area contributed by atoms with Crippen molar-refractivity contribution in [3.05, 3.63) is 29.8 Å². The van der Waals surface area contributed by atoms with Gasteiger partial charge in [0.2, 0.25) is 0 Å². The molecule has 0 atom stereocenters. The summed E-state index contributed by atoms with van der Waals surface area (Å²) in [7, 11) is 0. The van der Waals surface area contributed by atoms with Gasteiger partial charge in [-0.2, -0.15) is 0 Å². The summed E-state index contributed by atoms with van der Waals surface area (Å²) in [5, 5.41) is 9.86. The molecule has 0 aromatic heterocycles. The summed E-state index contributed by atoms with van der Waals surface area (Å²) in [6.45, 7) is 0.855. The van der Waals surface area contributed by atoms with Crippen LogP contribution in [0.25, 0.3) is 0 Å². The third-order valence-corrected chi connectivity index (χ3v) is 3.44. The average molecular weight is 218 g/mol. The molecule has 2 aliphatic carbocycles. The van der Waals surface area contributed by atoms with E-state index in [0.717, 1.165) is 37.5 Å². The molecule has 0 spiro atoms. The monoisotopic (exact) mass is 218 g/mol. The van der Waals surface area contributed by atoms with Crippen molar-refractivity contribution in [3.8, 4) is 5.75 Å². The third-order valence-electron chi connectivity index (χ3n) is 3.44. The van der Waals surface area contributed by atoms with Crippen molar-refractivity contribution in [2.45, 2.75) is 37.7 Å². The van der Waals surface area contributed by atoms with Gasteiger partial charge >= 0.3 is 0 Å². The highest BCUT2D eigenvalue weighted by Gasteiger charge is 2.40. The van der Waals surface area contributed by atoms with Crippen LogP contribution in [-0.4, -0.2) is 17.3 Å². The number of hydrogen-bond donors (Lipinski definition) is 1. The Morgan fingerprint density at radius 2 is 2.12 bits per heavy atom. The highest BCUT2D eigenvalue weighted by Crippen LogP contribution is 2.38. The van der Waals surface area contributed by atoms with Gasteiger partial charge in [0.05, 0.1) is 12.2 Å². The first-order chi connectivity index (χ1) is 7.73. The predicted octanol–water partition coefficient (Wildman–Crippen LogP) is 2.54. The fourth-order valence-electron chi connectivity index (χ4n) is 1.94. The number of benzene rings is 1. The fourth-order valence-corrected chi connectivity index (χ4v) is 1.94. The molecule has 2 aliphatic rings. The molecule has 2 saturated carbocycles. The minimum Gasteiger partial charge on any atom is -0.493 e. The van der Waals surface area contributed by atoms with Gasteiger partial charge < -0.3 is 9.84 Å². The van der Waals surface area contributed by atoms with Crippen molar-refractivity contribution in [1.82, 2.24) is 0 Å². The maximum Gasteiger partial charge on any atom is 0.119 e. The summed E-state index contributed by atoms with van der Waals surface area (Å²) < 4.78 is 5.72. The molecule has 16 heavy (non-hydrogen) atoms.